The first-order chi connectivity index (χ1) is 8.08. The molecule has 4 nitrogen and oxygen atoms in total. The third-order valence-corrected chi connectivity index (χ3v) is 6.74. The molecule has 3 aliphatic rings. The highest BCUT2D eigenvalue weighted by Crippen LogP contribution is 2.57. The molecule has 2 heterocycles. The molecule has 0 amide bonds. The first kappa shape index (κ1) is 11.7. The number of halogens is 1. The maximum atomic E-state index is 5.94. The molecule has 0 aromatic carbocycles. The van der Waals surface area contributed by atoms with Gasteiger partial charge >= 0.3 is 0 Å². The first-order valence-corrected chi connectivity index (χ1v) is 7.70. The van der Waals surface area contributed by atoms with Crippen LogP contribution in [-0.4, -0.2) is 8.71 Å². The van der Waals surface area contributed by atoms with Crippen LogP contribution in [0.15, 0.2) is 27.5 Å². The Morgan fingerprint density at radius 1 is 1.41 bits per heavy atom. The van der Waals surface area contributed by atoms with Crippen LogP contribution in [0.1, 0.15) is 25.7 Å². The van der Waals surface area contributed by atoms with E-state index in [9.17, 15) is 0 Å². The molecular weight excluding hydrogens is 347 g/mol. The fourth-order valence-corrected chi connectivity index (χ4v) is 5.51. The van der Waals surface area contributed by atoms with Crippen LogP contribution >= 0.6 is 34.4 Å². The van der Waals surface area contributed by atoms with Gasteiger partial charge in [-0.2, -0.15) is 4.99 Å². The second-order valence-electron chi connectivity index (χ2n) is 4.68. The van der Waals surface area contributed by atoms with E-state index in [-0.39, 0.29) is 2.75 Å². The minimum absolute atomic E-state index is 0.122. The minimum Gasteiger partial charge on any atom is -0.383 e. The number of nitrogens with two attached hydrogens (primary N) is 2. The fraction of sp³-hybridized carbons (Fsp3) is 0.545. The van der Waals surface area contributed by atoms with Crippen molar-refractivity contribution in [1.82, 2.24) is 5.32 Å². The number of nitrogens with zero attached hydrogens (tertiary/aromatic N) is 1. The van der Waals surface area contributed by atoms with Crippen molar-refractivity contribution in [3.05, 3.63) is 22.5 Å². The van der Waals surface area contributed by atoms with Gasteiger partial charge in [0.25, 0.3) is 0 Å². The van der Waals surface area contributed by atoms with Crippen molar-refractivity contribution in [3.8, 4) is 0 Å². The molecule has 1 fully saturated rings. The Morgan fingerprint density at radius 2 is 2.12 bits per heavy atom. The van der Waals surface area contributed by atoms with E-state index in [4.69, 9.17) is 11.5 Å². The van der Waals surface area contributed by atoms with Crippen LogP contribution in [0.4, 0.5) is 0 Å². The van der Waals surface area contributed by atoms with Crippen molar-refractivity contribution >= 4 is 40.3 Å². The molecule has 2 aliphatic heterocycles. The highest BCUT2D eigenvalue weighted by molar-refractivity contribution is 14.1. The molecule has 17 heavy (non-hydrogen) atoms. The first-order valence-electron chi connectivity index (χ1n) is 5.80. The highest BCUT2D eigenvalue weighted by Gasteiger charge is 2.44. The predicted octanol–water partition coefficient (Wildman–Crippen LogP) is 1.98. The number of fused-ring (bicyclic) bond motifs is 1. The van der Waals surface area contributed by atoms with Gasteiger partial charge in [0.2, 0.25) is 0 Å². The zero-order valence-electron chi connectivity index (χ0n) is 9.37. The molecule has 6 heteroatoms. The molecule has 0 saturated heterocycles. The van der Waals surface area contributed by atoms with Gasteiger partial charge in [-0.05, 0) is 24.8 Å². The van der Waals surface area contributed by atoms with Gasteiger partial charge in [0.1, 0.15) is 5.82 Å². The Balaban J connectivity index is 1.93. The lowest BCUT2D eigenvalue weighted by Gasteiger charge is -2.26. The van der Waals surface area contributed by atoms with Crippen LogP contribution in [0, 0.1) is 5.92 Å². The maximum absolute atomic E-state index is 5.94. The van der Waals surface area contributed by atoms with E-state index < -0.39 is 0 Å². The summed E-state index contributed by atoms with van der Waals surface area (Å²) >= 11 is 4.38. The second-order valence-corrected chi connectivity index (χ2v) is 8.48. The van der Waals surface area contributed by atoms with E-state index in [2.05, 4.69) is 39.0 Å². The molecule has 0 aromatic rings. The molecule has 0 bridgehead atoms. The number of hydrogen-bond acceptors (Lipinski definition) is 5. The molecule has 1 saturated carbocycles. The van der Waals surface area contributed by atoms with Crippen molar-refractivity contribution in [2.45, 2.75) is 28.4 Å². The predicted molar refractivity (Wildman–Crippen MR) is 80.4 cm³/mol. The quantitative estimate of drug-likeness (QED) is 0.493. The van der Waals surface area contributed by atoms with Crippen molar-refractivity contribution in [2.75, 3.05) is 0 Å². The lowest BCUT2D eigenvalue weighted by Crippen LogP contribution is -2.34. The summed E-state index contributed by atoms with van der Waals surface area (Å²) in [6.07, 6.45) is 7.59. The molecule has 0 spiro atoms. The van der Waals surface area contributed by atoms with Crippen LogP contribution in [-0.2, 0) is 0 Å². The molecule has 5 N–H and O–H groups in total. The van der Waals surface area contributed by atoms with Crippen LogP contribution in [0.3, 0.4) is 0 Å². The van der Waals surface area contributed by atoms with Gasteiger partial charge < -0.3 is 16.8 Å². The summed E-state index contributed by atoms with van der Waals surface area (Å²) in [5, 5.41) is 3.11. The summed E-state index contributed by atoms with van der Waals surface area (Å²) in [7, 11) is 0. The van der Waals surface area contributed by atoms with Crippen molar-refractivity contribution in [2.24, 2.45) is 22.4 Å². The van der Waals surface area contributed by atoms with Gasteiger partial charge in [0.05, 0.1) is 13.4 Å². The Labute approximate surface area is 119 Å². The molecular formula is C11H15IN4S. The standard InChI is InChI=1S/C11H15IN4S/c12-11(6-3-1-2-4-6)5-7-8(17-11)9(13)16-10(14)15-7/h5-6H,1-4,13H2,(H3,14,15,16). The Hall–Kier alpha value is -0.370. The summed E-state index contributed by atoms with van der Waals surface area (Å²) in [6.45, 7) is 0. The number of nitrogens with one attached hydrogen (secondary N) is 1. The van der Waals surface area contributed by atoms with Gasteiger partial charge in [0, 0.05) is 0 Å². The number of aliphatic imine (C=N–C) groups is 1. The van der Waals surface area contributed by atoms with Gasteiger partial charge in [-0.15, -0.1) is 0 Å². The number of hydrogen-bond donors (Lipinski definition) is 3. The highest BCUT2D eigenvalue weighted by atomic mass is 127. The largest absolute Gasteiger partial charge is 0.383 e. The van der Waals surface area contributed by atoms with E-state index in [0.717, 1.165) is 16.5 Å². The fourth-order valence-electron chi connectivity index (χ4n) is 2.65. The molecule has 3 rings (SSSR count). The normalized spacial score (nSPS) is 33.2. The molecule has 0 aromatic heterocycles. The van der Waals surface area contributed by atoms with E-state index in [1.54, 1.807) is 0 Å². The Morgan fingerprint density at radius 3 is 2.82 bits per heavy atom. The summed E-state index contributed by atoms with van der Waals surface area (Å²) < 4.78 is 0.122. The van der Waals surface area contributed by atoms with Crippen molar-refractivity contribution in [1.29, 1.82) is 0 Å². The molecule has 1 unspecified atom stereocenters. The van der Waals surface area contributed by atoms with Crippen molar-refractivity contribution in [3.63, 3.8) is 0 Å². The minimum atomic E-state index is 0.122. The topological polar surface area (TPSA) is 76.4 Å². The average Bonchev–Trinajstić information content (AvgIpc) is 2.84. The van der Waals surface area contributed by atoms with Gasteiger partial charge in [0.15, 0.2) is 5.96 Å². The summed E-state index contributed by atoms with van der Waals surface area (Å²) in [5.74, 6) is 1.67. The smallest absolute Gasteiger partial charge is 0.199 e. The number of guanidine groups is 1. The lowest BCUT2D eigenvalue weighted by molar-refractivity contribution is 0.559. The van der Waals surface area contributed by atoms with E-state index >= 15 is 0 Å². The zero-order chi connectivity index (χ0) is 12.0. The summed E-state index contributed by atoms with van der Waals surface area (Å²) in [6, 6.07) is 0. The van der Waals surface area contributed by atoms with Crippen LogP contribution in [0.25, 0.3) is 0 Å². The molecule has 92 valence electrons. The van der Waals surface area contributed by atoms with Gasteiger partial charge in [-0.3, -0.25) is 0 Å². The van der Waals surface area contributed by atoms with Crippen LogP contribution in [0.5, 0.6) is 0 Å². The molecule has 1 atom stereocenters. The number of alkyl halides is 1. The van der Waals surface area contributed by atoms with Gasteiger partial charge in [-0.1, -0.05) is 47.2 Å². The maximum Gasteiger partial charge on any atom is 0.199 e. The lowest BCUT2D eigenvalue weighted by atomic mass is 10.0. The van der Waals surface area contributed by atoms with Gasteiger partial charge in [-0.25, -0.2) is 0 Å². The number of thioether (sulfide) groups is 1. The Kier molecular flexibility index (Phi) is 2.81. The average molecular weight is 362 g/mol. The van der Waals surface area contributed by atoms with Crippen LogP contribution < -0.4 is 16.8 Å². The van der Waals surface area contributed by atoms with E-state index in [1.165, 1.54) is 25.7 Å². The van der Waals surface area contributed by atoms with Crippen molar-refractivity contribution < 1.29 is 0 Å². The molecule has 0 radical (unpaired) electrons. The van der Waals surface area contributed by atoms with Crippen LogP contribution in [0.2, 0.25) is 0 Å². The SMILES string of the molecule is NC1=NC(N)=C2SC(I)(C3CCCC3)C=C2N1. The summed E-state index contributed by atoms with van der Waals surface area (Å²) in [5.41, 5.74) is 12.7. The summed E-state index contributed by atoms with van der Waals surface area (Å²) in [4.78, 5) is 5.15. The monoisotopic (exact) mass is 362 g/mol. The van der Waals surface area contributed by atoms with E-state index in [1.807, 2.05) is 11.8 Å². The third-order valence-electron chi connectivity index (χ3n) is 3.49. The van der Waals surface area contributed by atoms with E-state index in [0.29, 0.717) is 11.8 Å². The third kappa shape index (κ3) is 1.95. The Bertz CT molecular complexity index is 450. The second kappa shape index (κ2) is 4.08. The zero-order valence-corrected chi connectivity index (χ0v) is 12.3. The number of rotatable bonds is 1. The molecule has 1 aliphatic carbocycles.